The molecule has 0 atom stereocenters. The number of benzene rings is 1. The first-order valence-electron chi connectivity index (χ1n) is 5.90. The second-order valence-electron chi connectivity index (χ2n) is 4.42. The normalized spacial score (nSPS) is 11.4. The molecule has 5 nitrogen and oxygen atoms in total. The van der Waals surface area contributed by atoms with Crippen molar-refractivity contribution in [2.45, 2.75) is 18.7 Å². The van der Waals surface area contributed by atoms with Gasteiger partial charge in [0.2, 0.25) is 5.91 Å². The van der Waals surface area contributed by atoms with E-state index < -0.39 is 15.9 Å². The fraction of sp³-hybridized carbons (Fsp3) is 0.154. The molecule has 0 aliphatic rings. The minimum absolute atomic E-state index is 0.211. The molecule has 1 aromatic heterocycles. The van der Waals surface area contributed by atoms with E-state index in [9.17, 15) is 13.2 Å². The lowest BCUT2D eigenvalue weighted by molar-refractivity contribution is 0.0999. The number of anilines is 1. The zero-order valence-corrected chi connectivity index (χ0v) is 14.5. The van der Waals surface area contributed by atoms with Crippen molar-refractivity contribution in [1.29, 1.82) is 0 Å². The van der Waals surface area contributed by atoms with Crippen LogP contribution < -0.4 is 10.5 Å². The maximum atomic E-state index is 12.4. The number of nitrogens with two attached hydrogens (primary N) is 1. The molecular weight excluding hydrogens is 376 g/mol. The number of primary amides is 1. The molecule has 1 amide bonds. The maximum absolute atomic E-state index is 12.4. The van der Waals surface area contributed by atoms with Gasteiger partial charge in [-0.1, -0.05) is 6.07 Å². The number of rotatable bonds is 4. The van der Waals surface area contributed by atoms with Crippen LogP contribution >= 0.6 is 27.3 Å². The van der Waals surface area contributed by atoms with Gasteiger partial charge in [0.15, 0.2) is 0 Å². The van der Waals surface area contributed by atoms with Crippen molar-refractivity contribution < 1.29 is 13.2 Å². The summed E-state index contributed by atoms with van der Waals surface area (Å²) in [4.78, 5) is 12.2. The third-order valence-electron chi connectivity index (χ3n) is 2.98. The molecular formula is C13H13BrN2O3S2. The van der Waals surface area contributed by atoms with Gasteiger partial charge in [-0.15, -0.1) is 11.3 Å². The molecule has 0 radical (unpaired) electrons. The van der Waals surface area contributed by atoms with E-state index in [1.807, 2.05) is 0 Å². The van der Waals surface area contributed by atoms with Gasteiger partial charge in [0.25, 0.3) is 10.0 Å². The Kier molecular flexibility index (Phi) is 4.40. The second-order valence-corrected chi connectivity index (χ2v) is 8.71. The molecule has 0 spiro atoms. The lowest BCUT2D eigenvalue weighted by Crippen LogP contribution is -2.17. The van der Waals surface area contributed by atoms with Crippen LogP contribution in [0.4, 0.5) is 5.69 Å². The number of thiophene rings is 1. The van der Waals surface area contributed by atoms with E-state index in [2.05, 4.69) is 20.7 Å². The fourth-order valence-corrected chi connectivity index (χ4v) is 5.45. The van der Waals surface area contributed by atoms with Crippen LogP contribution in [-0.2, 0) is 10.0 Å². The highest BCUT2D eigenvalue weighted by Gasteiger charge is 2.21. The molecule has 1 heterocycles. The number of hydrogen-bond donors (Lipinski definition) is 2. The van der Waals surface area contributed by atoms with Gasteiger partial charge >= 0.3 is 0 Å². The zero-order valence-electron chi connectivity index (χ0n) is 11.3. The van der Waals surface area contributed by atoms with Crippen LogP contribution in [-0.4, -0.2) is 14.3 Å². The number of carbonyl (C=O) groups excluding carboxylic acids is 1. The van der Waals surface area contributed by atoms with E-state index in [1.54, 1.807) is 38.1 Å². The van der Waals surface area contributed by atoms with Gasteiger partial charge in [0.05, 0.1) is 9.47 Å². The number of halogens is 1. The van der Waals surface area contributed by atoms with E-state index in [0.717, 1.165) is 3.79 Å². The van der Waals surface area contributed by atoms with Crippen LogP contribution in [0.5, 0.6) is 0 Å². The van der Waals surface area contributed by atoms with Crippen molar-refractivity contribution in [2.75, 3.05) is 4.72 Å². The molecule has 0 unspecified atom stereocenters. The van der Waals surface area contributed by atoms with Gasteiger partial charge in [-0.05, 0) is 53.5 Å². The number of amides is 1. The first-order valence-corrected chi connectivity index (χ1v) is 9.00. The van der Waals surface area contributed by atoms with Crippen LogP contribution in [0.3, 0.4) is 0 Å². The summed E-state index contributed by atoms with van der Waals surface area (Å²) >= 11 is 4.61. The summed E-state index contributed by atoms with van der Waals surface area (Å²) < 4.78 is 28.1. The van der Waals surface area contributed by atoms with E-state index >= 15 is 0 Å². The summed E-state index contributed by atoms with van der Waals surface area (Å²) in [5.41, 5.74) is 6.40. The molecule has 21 heavy (non-hydrogen) atoms. The van der Waals surface area contributed by atoms with Crippen LogP contribution in [0, 0.1) is 13.8 Å². The lowest BCUT2D eigenvalue weighted by Gasteiger charge is -2.12. The maximum Gasteiger partial charge on any atom is 0.263 e. The monoisotopic (exact) mass is 388 g/mol. The van der Waals surface area contributed by atoms with Gasteiger partial charge in [-0.3, -0.25) is 9.52 Å². The van der Waals surface area contributed by atoms with Crippen LogP contribution in [0.2, 0.25) is 0 Å². The number of nitrogens with one attached hydrogen (secondary N) is 1. The quantitative estimate of drug-likeness (QED) is 0.843. The fourth-order valence-electron chi connectivity index (χ4n) is 1.91. The number of carbonyl (C=O) groups is 1. The Morgan fingerprint density at radius 1 is 1.33 bits per heavy atom. The highest BCUT2D eigenvalue weighted by Crippen LogP contribution is 2.31. The highest BCUT2D eigenvalue weighted by molar-refractivity contribution is 9.11. The predicted octanol–water partition coefficient (Wildman–Crippen LogP) is 3.03. The summed E-state index contributed by atoms with van der Waals surface area (Å²) in [5, 5.41) is 0. The van der Waals surface area contributed by atoms with E-state index in [0.29, 0.717) is 21.7 Å². The van der Waals surface area contributed by atoms with E-state index in [1.165, 1.54) is 11.3 Å². The molecule has 0 saturated carbocycles. The molecule has 0 aliphatic carbocycles. The van der Waals surface area contributed by atoms with E-state index in [4.69, 9.17) is 5.73 Å². The molecule has 3 N–H and O–H groups in total. The average molecular weight is 389 g/mol. The first-order chi connectivity index (χ1) is 9.72. The molecule has 0 bridgehead atoms. The number of aryl methyl sites for hydroxylation is 1. The lowest BCUT2D eigenvalue weighted by atomic mass is 10.1. The third kappa shape index (κ3) is 3.28. The summed E-state index contributed by atoms with van der Waals surface area (Å²) in [6.45, 7) is 3.38. The van der Waals surface area contributed by atoms with Crippen molar-refractivity contribution in [3.8, 4) is 0 Å². The number of hydrogen-bond acceptors (Lipinski definition) is 4. The predicted molar refractivity (Wildman–Crippen MR) is 87.3 cm³/mol. The Balaban J connectivity index is 2.45. The van der Waals surface area contributed by atoms with Crippen LogP contribution in [0.15, 0.2) is 32.9 Å². The second kappa shape index (κ2) is 5.78. The largest absolute Gasteiger partial charge is 0.366 e. The zero-order chi connectivity index (χ0) is 15.8. The first kappa shape index (κ1) is 16.0. The molecule has 0 saturated heterocycles. The molecule has 2 aromatic rings. The van der Waals surface area contributed by atoms with E-state index in [-0.39, 0.29) is 4.90 Å². The summed E-state index contributed by atoms with van der Waals surface area (Å²) in [7, 11) is -3.71. The standard InChI is InChI=1S/C13H13BrN2O3S2/c1-7-9(13(15)17)4-3-5-10(7)16-21(18,19)11-6-12(14)20-8(11)2/h3-6,16H,1-2H3,(H2,15,17). The van der Waals surface area contributed by atoms with Gasteiger partial charge in [0.1, 0.15) is 4.90 Å². The summed E-state index contributed by atoms with van der Waals surface area (Å²) in [5.74, 6) is -0.594. The Hall–Kier alpha value is -1.38. The van der Waals surface area contributed by atoms with Gasteiger partial charge in [-0.2, -0.15) is 0 Å². The Bertz CT molecular complexity index is 813. The smallest absolute Gasteiger partial charge is 0.263 e. The summed E-state index contributed by atoms with van der Waals surface area (Å²) in [6, 6.07) is 6.29. The van der Waals surface area contributed by atoms with Crippen molar-refractivity contribution in [2.24, 2.45) is 5.73 Å². The molecule has 1 aromatic carbocycles. The van der Waals surface area contributed by atoms with Crippen molar-refractivity contribution >= 4 is 48.9 Å². The third-order valence-corrected chi connectivity index (χ3v) is 6.15. The number of sulfonamides is 1. The topological polar surface area (TPSA) is 89.3 Å². The van der Waals surface area contributed by atoms with Crippen LogP contribution in [0.25, 0.3) is 0 Å². The van der Waals surface area contributed by atoms with Crippen molar-refractivity contribution in [3.05, 3.63) is 44.1 Å². The molecule has 2 rings (SSSR count). The molecule has 0 aliphatic heterocycles. The van der Waals surface area contributed by atoms with Crippen LogP contribution in [0.1, 0.15) is 20.8 Å². The van der Waals surface area contributed by atoms with Gasteiger partial charge in [0, 0.05) is 10.4 Å². The van der Waals surface area contributed by atoms with Crippen molar-refractivity contribution in [3.63, 3.8) is 0 Å². The average Bonchev–Trinajstić information content (AvgIpc) is 2.71. The van der Waals surface area contributed by atoms with Gasteiger partial charge < -0.3 is 5.73 Å². The molecule has 0 fully saturated rings. The minimum atomic E-state index is -3.71. The van der Waals surface area contributed by atoms with Gasteiger partial charge in [-0.25, -0.2) is 8.42 Å². The Labute approximate surface area is 135 Å². The molecule has 112 valence electrons. The Morgan fingerprint density at radius 3 is 2.52 bits per heavy atom. The molecule has 8 heteroatoms. The highest BCUT2D eigenvalue weighted by atomic mass is 79.9. The SMILES string of the molecule is Cc1sc(Br)cc1S(=O)(=O)Nc1cccc(C(N)=O)c1C. The van der Waals surface area contributed by atoms with Crippen molar-refractivity contribution in [1.82, 2.24) is 0 Å². The minimum Gasteiger partial charge on any atom is -0.366 e. The summed E-state index contributed by atoms with van der Waals surface area (Å²) in [6.07, 6.45) is 0. The Morgan fingerprint density at radius 2 is 2.00 bits per heavy atom.